The summed E-state index contributed by atoms with van der Waals surface area (Å²) in [5.74, 6) is 0.613. The van der Waals surface area contributed by atoms with Crippen LogP contribution < -0.4 is 4.74 Å². The molecule has 2 N–H and O–H groups in total. The second kappa shape index (κ2) is 13.0. The van der Waals surface area contributed by atoms with Crippen molar-refractivity contribution in [2.75, 3.05) is 39.3 Å². The highest BCUT2D eigenvalue weighted by molar-refractivity contribution is 5.74. The van der Waals surface area contributed by atoms with Crippen LogP contribution in [0, 0.1) is 17.2 Å². The SMILES string of the molecule is CCOc1ccc(Cc2cc(C3CCN(C[C@H]4CN([C@@H](C(=O)O)C(C)(C)C)C[C@@H]4c4cccc(F)c4)CC3)n[nH]2)cc1. The summed E-state index contributed by atoms with van der Waals surface area (Å²) < 4.78 is 19.8. The van der Waals surface area contributed by atoms with Gasteiger partial charge in [0.15, 0.2) is 0 Å². The molecule has 8 heteroatoms. The van der Waals surface area contributed by atoms with Crippen molar-refractivity contribution < 1.29 is 19.0 Å². The van der Waals surface area contributed by atoms with Crippen molar-refractivity contribution >= 4 is 5.97 Å². The first kappa shape index (κ1) is 30.2. The molecular weight excluding hydrogens is 531 g/mol. The van der Waals surface area contributed by atoms with Crippen LogP contribution in [0.1, 0.15) is 74.9 Å². The Labute approximate surface area is 249 Å². The Hall–Kier alpha value is -3.23. The maximum atomic E-state index is 14.2. The molecule has 0 radical (unpaired) electrons. The average Bonchev–Trinajstić information content (AvgIpc) is 3.57. The van der Waals surface area contributed by atoms with Crippen molar-refractivity contribution in [3.05, 3.63) is 82.9 Å². The minimum absolute atomic E-state index is 0.0964. The van der Waals surface area contributed by atoms with Crippen molar-refractivity contribution in [1.29, 1.82) is 0 Å². The maximum Gasteiger partial charge on any atom is 0.321 e. The van der Waals surface area contributed by atoms with E-state index < -0.39 is 17.4 Å². The molecule has 0 amide bonds. The highest BCUT2D eigenvalue weighted by atomic mass is 19.1. The Kier molecular flexibility index (Phi) is 9.33. The number of likely N-dealkylation sites (tertiary alicyclic amines) is 2. The highest BCUT2D eigenvalue weighted by Gasteiger charge is 2.44. The number of aromatic amines is 1. The first-order chi connectivity index (χ1) is 20.1. The van der Waals surface area contributed by atoms with Crippen LogP contribution in [-0.2, 0) is 11.2 Å². The van der Waals surface area contributed by atoms with E-state index in [9.17, 15) is 14.3 Å². The Bertz CT molecular complexity index is 1330. The van der Waals surface area contributed by atoms with Gasteiger partial charge in [-0.25, -0.2) is 4.39 Å². The van der Waals surface area contributed by atoms with Crippen molar-refractivity contribution in [3.8, 4) is 5.75 Å². The molecule has 2 fully saturated rings. The zero-order valence-corrected chi connectivity index (χ0v) is 25.4. The summed E-state index contributed by atoms with van der Waals surface area (Å²) in [4.78, 5) is 16.9. The fourth-order valence-electron chi connectivity index (χ4n) is 7.00. The molecule has 5 rings (SSSR count). The summed E-state index contributed by atoms with van der Waals surface area (Å²) in [6, 6.07) is 16.7. The van der Waals surface area contributed by atoms with E-state index in [1.807, 2.05) is 45.9 Å². The normalized spacial score (nSPS) is 21.5. The molecule has 0 aliphatic carbocycles. The first-order valence-electron chi connectivity index (χ1n) is 15.3. The smallest absolute Gasteiger partial charge is 0.321 e. The van der Waals surface area contributed by atoms with Crippen LogP contribution in [0.3, 0.4) is 0 Å². The summed E-state index contributed by atoms with van der Waals surface area (Å²) in [5.41, 5.74) is 4.04. The number of carbonyl (C=O) groups is 1. The van der Waals surface area contributed by atoms with Crippen molar-refractivity contribution in [3.63, 3.8) is 0 Å². The molecule has 0 spiro atoms. The lowest BCUT2D eigenvalue weighted by Crippen LogP contribution is -2.48. The molecule has 3 atom stereocenters. The number of benzene rings is 2. The largest absolute Gasteiger partial charge is 0.494 e. The minimum Gasteiger partial charge on any atom is -0.494 e. The van der Waals surface area contributed by atoms with Gasteiger partial charge in [0, 0.05) is 43.6 Å². The monoisotopic (exact) mass is 576 g/mol. The second-order valence-corrected chi connectivity index (χ2v) is 13.1. The number of carboxylic acid groups (broad SMARTS) is 1. The Morgan fingerprint density at radius 1 is 1.12 bits per heavy atom. The lowest BCUT2D eigenvalue weighted by Gasteiger charge is -2.35. The lowest BCUT2D eigenvalue weighted by molar-refractivity contribution is -0.147. The van der Waals surface area contributed by atoms with E-state index >= 15 is 0 Å². The van der Waals surface area contributed by atoms with Crippen LogP contribution in [0.4, 0.5) is 4.39 Å². The van der Waals surface area contributed by atoms with Gasteiger partial charge in [-0.1, -0.05) is 45.0 Å². The minimum atomic E-state index is -0.789. The van der Waals surface area contributed by atoms with Crippen molar-refractivity contribution in [2.45, 2.75) is 64.8 Å². The molecule has 1 aromatic heterocycles. The molecule has 7 nitrogen and oxygen atoms in total. The number of H-pyrrole nitrogens is 1. The number of nitrogens with zero attached hydrogens (tertiary/aromatic N) is 3. The molecule has 2 saturated heterocycles. The van der Waals surface area contributed by atoms with Crippen LogP contribution in [0.15, 0.2) is 54.6 Å². The van der Waals surface area contributed by atoms with E-state index in [4.69, 9.17) is 4.74 Å². The third-order valence-electron chi connectivity index (χ3n) is 8.94. The molecule has 3 heterocycles. The number of halogens is 1. The van der Waals surface area contributed by atoms with Crippen LogP contribution in [-0.4, -0.2) is 76.4 Å². The molecule has 0 saturated carbocycles. The van der Waals surface area contributed by atoms with Crippen LogP contribution in [0.25, 0.3) is 0 Å². The van der Waals surface area contributed by atoms with Crippen LogP contribution in [0.2, 0.25) is 0 Å². The summed E-state index contributed by atoms with van der Waals surface area (Å²) in [5, 5.41) is 18.0. The number of aliphatic carboxylic acids is 1. The van der Waals surface area contributed by atoms with Crippen molar-refractivity contribution in [1.82, 2.24) is 20.0 Å². The number of rotatable bonds is 10. The molecule has 0 unspecified atom stereocenters. The Morgan fingerprint density at radius 3 is 2.50 bits per heavy atom. The van der Waals surface area contributed by atoms with Gasteiger partial charge in [0.05, 0.1) is 12.3 Å². The number of hydrogen-bond donors (Lipinski definition) is 2. The summed E-state index contributed by atoms with van der Waals surface area (Å²) in [6.07, 6.45) is 2.88. The van der Waals surface area contributed by atoms with Gasteiger partial charge in [0.1, 0.15) is 17.6 Å². The molecule has 226 valence electrons. The predicted molar refractivity (Wildman–Crippen MR) is 163 cm³/mol. The van der Waals surface area contributed by atoms with Gasteiger partial charge in [-0.3, -0.25) is 14.8 Å². The number of piperidine rings is 1. The van der Waals surface area contributed by atoms with Gasteiger partial charge in [-0.15, -0.1) is 0 Å². The summed E-state index contributed by atoms with van der Waals surface area (Å²) in [6.45, 7) is 12.8. The van der Waals surface area contributed by atoms with Gasteiger partial charge in [-0.2, -0.15) is 5.10 Å². The maximum absolute atomic E-state index is 14.2. The molecule has 2 aliphatic heterocycles. The highest BCUT2D eigenvalue weighted by Crippen LogP contribution is 2.39. The average molecular weight is 577 g/mol. The Morgan fingerprint density at radius 2 is 1.86 bits per heavy atom. The third-order valence-corrected chi connectivity index (χ3v) is 8.94. The molecule has 2 aliphatic rings. The number of hydrogen-bond acceptors (Lipinski definition) is 5. The van der Waals surface area contributed by atoms with Gasteiger partial charge >= 0.3 is 5.97 Å². The standard InChI is InChI=1S/C34H45FN4O3/c1-5-42-29-11-9-23(10-12-29)17-28-19-31(37-36-28)24-13-15-38(16-14-24)20-26-21-39(32(33(40)41)34(2,3)4)22-30(26)25-7-6-8-27(35)18-25/h6-12,18-19,24,26,30,32H,5,13-17,20-22H2,1-4H3,(H,36,37)(H,40,41)/t26-,30+,32-/m0/s1. The zero-order chi connectivity index (χ0) is 29.9. The number of aromatic nitrogens is 2. The number of ether oxygens (including phenoxy) is 1. The number of nitrogens with one attached hydrogen (secondary N) is 1. The Balaban J connectivity index is 1.21. The van der Waals surface area contributed by atoms with Gasteiger partial charge in [0.25, 0.3) is 0 Å². The van der Waals surface area contributed by atoms with Crippen molar-refractivity contribution in [2.24, 2.45) is 11.3 Å². The molecule has 3 aromatic rings. The number of carboxylic acids is 1. The third kappa shape index (κ3) is 7.21. The molecule has 2 aromatic carbocycles. The van der Waals surface area contributed by atoms with E-state index in [0.29, 0.717) is 25.6 Å². The van der Waals surface area contributed by atoms with Gasteiger partial charge in [0.2, 0.25) is 0 Å². The fourth-order valence-corrected chi connectivity index (χ4v) is 7.00. The van der Waals surface area contributed by atoms with Crippen LogP contribution >= 0.6 is 0 Å². The predicted octanol–water partition coefficient (Wildman–Crippen LogP) is 5.93. The van der Waals surface area contributed by atoms with E-state index in [2.05, 4.69) is 38.2 Å². The zero-order valence-electron chi connectivity index (χ0n) is 25.4. The van der Waals surface area contributed by atoms with Crippen LogP contribution in [0.5, 0.6) is 5.75 Å². The summed E-state index contributed by atoms with van der Waals surface area (Å²) in [7, 11) is 0. The second-order valence-electron chi connectivity index (χ2n) is 13.1. The van der Waals surface area contributed by atoms with E-state index in [-0.39, 0.29) is 17.7 Å². The van der Waals surface area contributed by atoms with Gasteiger partial charge < -0.3 is 14.7 Å². The fraction of sp³-hybridized carbons (Fsp3) is 0.529. The quantitative estimate of drug-likeness (QED) is 0.311. The molecule has 42 heavy (non-hydrogen) atoms. The van der Waals surface area contributed by atoms with E-state index in [1.54, 1.807) is 12.1 Å². The topological polar surface area (TPSA) is 81.7 Å². The first-order valence-corrected chi connectivity index (χ1v) is 15.3. The lowest BCUT2D eigenvalue weighted by atomic mass is 9.85. The molecule has 0 bridgehead atoms. The van der Waals surface area contributed by atoms with Gasteiger partial charge in [-0.05, 0) is 85.6 Å². The van der Waals surface area contributed by atoms with E-state index in [1.165, 1.54) is 11.6 Å². The van der Waals surface area contributed by atoms with E-state index in [0.717, 1.165) is 61.6 Å². The molecular formula is C34H45FN4O3. The summed E-state index contributed by atoms with van der Waals surface area (Å²) >= 11 is 0.